The first-order chi connectivity index (χ1) is 13.2. The highest BCUT2D eigenvalue weighted by molar-refractivity contribution is 6.30. The quantitative estimate of drug-likeness (QED) is 0.392. The lowest BCUT2D eigenvalue weighted by molar-refractivity contribution is 0.305. The van der Waals surface area contributed by atoms with Gasteiger partial charge < -0.3 is 9.47 Å². The first-order valence-electron chi connectivity index (χ1n) is 8.42. The van der Waals surface area contributed by atoms with Crippen molar-refractivity contribution in [3.63, 3.8) is 0 Å². The number of para-hydroxylation sites is 1. The number of rotatable bonds is 6. The highest BCUT2D eigenvalue weighted by Crippen LogP contribution is 2.26. The maximum Gasteiger partial charge on any atom is 0.127 e. The second kappa shape index (κ2) is 8.93. The van der Waals surface area contributed by atoms with Crippen LogP contribution in [0.25, 0.3) is 11.6 Å². The Morgan fingerprint density at radius 2 is 1.70 bits per heavy atom. The van der Waals surface area contributed by atoms with E-state index in [2.05, 4.69) is 6.07 Å². The van der Waals surface area contributed by atoms with Crippen LogP contribution >= 0.6 is 11.6 Å². The molecule has 0 saturated carbocycles. The van der Waals surface area contributed by atoms with E-state index in [-0.39, 0.29) is 0 Å². The second-order valence-electron chi connectivity index (χ2n) is 5.85. The molecule has 0 heterocycles. The van der Waals surface area contributed by atoms with Crippen LogP contribution in [0.5, 0.6) is 11.5 Å². The van der Waals surface area contributed by atoms with Gasteiger partial charge in [-0.25, -0.2) is 0 Å². The number of allylic oxidation sites excluding steroid dienone is 1. The second-order valence-corrected chi connectivity index (χ2v) is 6.29. The summed E-state index contributed by atoms with van der Waals surface area (Å²) < 4.78 is 11.1. The zero-order chi connectivity index (χ0) is 19.1. The fourth-order valence-corrected chi connectivity index (χ4v) is 2.71. The van der Waals surface area contributed by atoms with Crippen LogP contribution in [0.1, 0.15) is 16.7 Å². The molecule has 0 spiro atoms. The number of methoxy groups -OCH3 is 1. The van der Waals surface area contributed by atoms with E-state index in [4.69, 9.17) is 21.1 Å². The molecule has 0 aliphatic rings. The van der Waals surface area contributed by atoms with Crippen LogP contribution in [0.4, 0.5) is 0 Å². The summed E-state index contributed by atoms with van der Waals surface area (Å²) in [6.45, 7) is 0.423. The summed E-state index contributed by atoms with van der Waals surface area (Å²) >= 11 is 5.92. The number of hydrogen-bond donors (Lipinski definition) is 0. The topological polar surface area (TPSA) is 42.2 Å². The van der Waals surface area contributed by atoms with Gasteiger partial charge in [-0.2, -0.15) is 5.26 Å². The van der Waals surface area contributed by atoms with Gasteiger partial charge in [0.2, 0.25) is 0 Å². The highest BCUT2D eigenvalue weighted by atomic mass is 35.5. The van der Waals surface area contributed by atoms with Crippen molar-refractivity contribution in [2.24, 2.45) is 0 Å². The molecule has 27 heavy (non-hydrogen) atoms. The average molecular weight is 376 g/mol. The van der Waals surface area contributed by atoms with Crippen molar-refractivity contribution in [1.29, 1.82) is 5.26 Å². The zero-order valence-corrected chi connectivity index (χ0v) is 15.6. The molecule has 0 amide bonds. The minimum absolute atomic E-state index is 0.423. The van der Waals surface area contributed by atoms with Crippen LogP contribution in [-0.4, -0.2) is 7.11 Å². The Labute approximate surface area is 164 Å². The standard InChI is InChI=1S/C23H18ClNO2/c1-26-22-12-8-18(9-13-22)20(15-25)14-19-4-2-3-5-23(19)27-16-17-6-10-21(24)11-7-17/h2-14H,16H2,1H3/b20-14+. The third-order valence-corrected chi connectivity index (χ3v) is 4.30. The average Bonchev–Trinajstić information content (AvgIpc) is 2.72. The monoisotopic (exact) mass is 375 g/mol. The van der Waals surface area contributed by atoms with Crippen LogP contribution in [0, 0.1) is 11.3 Å². The molecule has 4 heteroatoms. The first kappa shape index (κ1) is 18.6. The molecule has 3 nitrogen and oxygen atoms in total. The summed E-state index contributed by atoms with van der Waals surface area (Å²) in [5.41, 5.74) is 3.25. The summed E-state index contributed by atoms with van der Waals surface area (Å²) in [5, 5.41) is 10.3. The summed E-state index contributed by atoms with van der Waals surface area (Å²) in [5.74, 6) is 1.47. The molecule has 0 atom stereocenters. The van der Waals surface area contributed by atoms with Crippen molar-refractivity contribution in [1.82, 2.24) is 0 Å². The van der Waals surface area contributed by atoms with Crippen LogP contribution < -0.4 is 9.47 Å². The van der Waals surface area contributed by atoms with Crippen molar-refractivity contribution in [3.8, 4) is 17.6 Å². The maximum absolute atomic E-state index is 9.59. The normalized spacial score (nSPS) is 10.9. The summed E-state index contributed by atoms with van der Waals surface area (Å²) in [6.07, 6.45) is 1.83. The molecule has 0 radical (unpaired) electrons. The molecule has 134 valence electrons. The Hall–Kier alpha value is -3.22. The van der Waals surface area contributed by atoms with E-state index in [0.717, 1.165) is 22.4 Å². The van der Waals surface area contributed by atoms with Crippen molar-refractivity contribution < 1.29 is 9.47 Å². The van der Waals surface area contributed by atoms with E-state index in [9.17, 15) is 5.26 Å². The lowest BCUT2D eigenvalue weighted by Crippen LogP contribution is -1.97. The number of nitrogens with zero attached hydrogens (tertiary/aromatic N) is 1. The minimum Gasteiger partial charge on any atom is -0.497 e. The van der Waals surface area contributed by atoms with E-state index in [0.29, 0.717) is 23.0 Å². The minimum atomic E-state index is 0.423. The SMILES string of the molecule is COc1ccc(/C(C#N)=C/c2ccccc2OCc2ccc(Cl)cc2)cc1. The van der Waals surface area contributed by atoms with Gasteiger partial charge in [0, 0.05) is 10.6 Å². The molecule has 3 rings (SSSR count). The fourth-order valence-electron chi connectivity index (χ4n) is 2.58. The third-order valence-electron chi connectivity index (χ3n) is 4.05. The Balaban J connectivity index is 1.83. The molecule has 3 aromatic rings. The number of benzene rings is 3. The molecule has 0 saturated heterocycles. The number of hydrogen-bond acceptors (Lipinski definition) is 3. The van der Waals surface area contributed by atoms with Gasteiger partial charge in [0.05, 0.1) is 18.8 Å². The summed E-state index contributed by atoms with van der Waals surface area (Å²) in [4.78, 5) is 0. The van der Waals surface area contributed by atoms with Gasteiger partial charge in [0.15, 0.2) is 0 Å². The smallest absolute Gasteiger partial charge is 0.127 e. The van der Waals surface area contributed by atoms with E-state index >= 15 is 0 Å². The Morgan fingerprint density at radius 1 is 1.00 bits per heavy atom. The number of nitriles is 1. The fraction of sp³-hybridized carbons (Fsp3) is 0.0870. The van der Waals surface area contributed by atoms with Gasteiger partial charge in [-0.05, 0) is 59.7 Å². The van der Waals surface area contributed by atoms with Gasteiger partial charge in [-0.15, -0.1) is 0 Å². The Bertz CT molecular complexity index is 971. The van der Waals surface area contributed by atoms with Gasteiger partial charge in [0.1, 0.15) is 18.1 Å². The van der Waals surface area contributed by atoms with Crippen molar-refractivity contribution >= 4 is 23.3 Å². The Kier molecular flexibility index (Phi) is 6.14. The molecule has 0 aromatic heterocycles. The summed E-state index contributed by atoms with van der Waals surface area (Å²) in [7, 11) is 1.62. The van der Waals surface area contributed by atoms with Crippen LogP contribution in [0.15, 0.2) is 72.8 Å². The molecule has 0 N–H and O–H groups in total. The van der Waals surface area contributed by atoms with Crippen LogP contribution in [-0.2, 0) is 6.61 Å². The van der Waals surface area contributed by atoms with E-state index < -0.39 is 0 Å². The molecule has 0 bridgehead atoms. The van der Waals surface area contributed by atoms with Crippen molar-refractivity contribution in [3.05, 3.63) is 94.5 Å². The zero-order valence-electron chi connectivity index (χ0n) is 14.9. The lowest BCUT2D eigenvalue weighted by Gasteiger charge is -2.10. The van der Waals surface area contributed by atoms with Crippen molar-refractivity contribution in [2.45, 2.75) is 6.61 Å². The predicted octanol–water partition coefficient (Wildman–Crippen LogP) is 5.99. The van der Waals surface area contributed by atoms with Gasteiger partial charge in [0.25, 0.3) is 0 Å². The molecular formula is C23H18ClNO2. The van der Waals surface area contributed by atoms with E-state index in [1.165, 1.54) is 0 Å². The van der Waals surface area contributed by atoms with Gasteiger partial charge in [-0.1, -0.05) is 41.9 Å². The summed E-state index contributed by atoms with van der Waals surface area (Å²) in [6, 6.07) is 24.9. The molecule has 0 fully saturated rings. The highest BCUT2D eigenvalue weighted by Gasteiger charge is 2.06. The molecule has 0 aliphatic carbocycles. The molecular weight excluding hydrogens is 358 g/mol. The van der Waals surface area contributed by atoms with Crippen LogP contribution in [0.2, 0.25) is 5.02 Å². The molecule has 3 aromatic carbocycles. The number of halogens is 1. The van der Waals surface area contributed by atoms with E-state index in [1.807, 2.05) is 78.9 Å². The van der Waals surface area contributed by atoms with Gasteiger partial charge in [-0.3, -0.25) is 0 Å². The third kappa shape index (κ3) is 4.91. The van der Waals surface area contributed by atoms with Crippen LogP contribution in [0.3, 0.4) is 0 Å². The number of ether oxygens (including phenoxy) is 2. The van der Waals surface area contributed by atoms with Gasteiger partial charge >= 0.3 is 0 Å². The Morgan fingerprint density at radius 3 is 2.37 bits per heavy atom. The molecule has 0 unspecified atom stereocenters. The molecule has 0 aliphatic heterocycles. The maximum atomic E-state index is 9.59. The first-order valence-corrected chi connectivity index (χ1v) is 8.80. The van der Waals surface area contributed by atoms with Crippen molar-refractivity contribution in [2.75, 3.05) is 7.11 Å². The lowest BCUT2D eigenvalue weighted by atomic mass is 10.0. The largest absolute Gasteiger partial charge is 0.497 e. The van der Waals surface area contributed by atoms with E-state index in [1.54, 1.807) is 7.11 Å². The predicted molar refractivity (Wildman–Crippen MR) is 109 cm³/mol.